The van der Waals surface area contributed by atoms with Crippen LogP contribution in [-0.4, -0.2) is 59.7 Å². The van der Waals surface area contributed by atoms with Gasteiger partial charge >= 0.3 is 0 Å². The standard InChI is InChI=1S/C13H23N5OS/c1-2-4-11-12(20-17-16-11)13(19)15-5-3-8-18-9-6-14-7-10-18/h14H,2-10H2,1H3,(H,15,19). The first kappa shape index (κ1) is 15.3. The highest BCUT2D eigenvalue weighted by atomic mass is 32.1. The molecule has 112 valence electrons. The molecule has 1 fully saturated rings. The lowest BCUT2D eigenvalue weighted by molar-refractivity contribution is 0.0954. The van der Waals surface area contributed by atoms with Crippen LogP contribution >= 0.6 is 11.5 Å². The summed E-state index contributed by atoms with van der Waals surface area (Å²) < 4.78 is 3.88. The van der Waals surface area contributed by atoms with Crippen molar-refractivity contribution in [3.63, 3.8) is 0 Å². The monoisotopic (exact) mass is 297 g/mol. The molecule has 0 aromatic carbocycles. The topological polar surface area (TPSA) is 70.2 Å². The van der Waals surface area contributed by atoms with Crippen LogP contribution in [0, 0.1) is 0 Å². The molecule has 1 aromatic heterocycles. The fourth-order valence-electron chi connectivity index (χ4n) is 2.30. The van der Waals surface area contributed by atoms with Crippen molar-refractivity contribution in [3.8, 4) is 0 Å². The summed E-state index contributed by atoms with van der Waals surface area (Å²) in [6.07, 6.45) is 2.79. The molecule has 1 aromatic rings. The number of nitrogens with one attached hydrogen (secondary N) is 2. The van der Waals surface area contributed by atoms with Crippen LogP contribution in [0.5, 0.6) is 0 Å². The molecule has 1 aliphatic rings. The smallest absolute Gasteiger partial charge is 0.264 e. The van der Waals surface area contributed by atoms with E-state index in [1.807, 2.05) is 0 Å². The van der Waals surface area contributed by atoms with Crippen molar-refractivity contribution in [3.05, 3.63) is 10.6 Å². The Bertz CT molecular complexity index is 417. The van der Waals surface area contributed by atoms with Crippen LogP contribution in [0.1, 0.15) is 35.1 Å². The van der Waals surface area contributed by atoms with Crippen molar-refractivity contribution in [1.82, 2.24) is 25.1 Å². The first-order chi connectivity index (χ1) is 9.81. The molecule has 6 nitrogen and oxygen atoms in total. The van der Waals surface area contributed by atoms with E-state index in [1.54, 1.807) is 0 Å². The van der Waals surface area contributed by atoms with E-state index in [0.29, 0.717) is 11.4 Å². The van der Waals surface area contributed by atoms with Gasteiger partial charge in [0.25, 0.3) is 5.91 Å². The minimum Gasteiger partial charge on any atom is -0.351 e. The maximum Gasteiger partial charge on any atom is 0.264 e. The summed E-state index contributed by atoms with van der Waals surface area (Å²) in [4.78, 5) is 15.2. The van der Waals surface area contributed by atoms with Gasteiger partial charge in [-0.3, -0.25) is 4.79 Å². The molecule has 1 aliphatic heterocycles. The number of amides is 1. The highest BCUT2D eigenvalue weighted by molar-refractivity contribution is 7.08. The minimum absolute atomic E-state index is 0.0243. The number of rotatable bonds is 7. The Hall–Kier alpha value is -1.05. The highest BCUT2D eigenvalue weighted by Crippen LogP contribution is 2.12. The van der Waals surface area contributed by atoms with Crippen LogP contribution < -0.4 is 10.6 Å². The minimum atomic E-state index is -0.0243. The Morgan fingerprint density at radius 2 is 2.25 bits per heavy atom. The van der Waals surface area contributed by atoms with Gasteiger partial charge in [0.2, 0.25) is 0 Å². The Kier molecular flexibility index (Phi) is 6.35. The Morgan fingerprint density at radius 1 is 1.45 bits per heavy atom. The second-order valence-corrected chi connectivity index (χ2v) is 5.75. The molecular weight excluding hydrogens is 274 g/mol. The molecule has 1 saturated heterocycles. The van der Waals surface area contributed by atoms with Gasteiger partial charge in [-0.25, -0.2) is 0 Å². The number of carbonyl (C=O) groups is 1. The molecule has 0 radical (unpaired) electrons. The van der Waals surface area contributed by atoms with E-state index in [4.69, 9.17) is 0 Å². The lowest BCUT2D eigenvalue weighted by Crippen LogP contribution is -2.44. The summed E-state index contributed by atoms with van der Waals surface area (Å²) in [5, 5.41) is 10.3. The third-order valence-corrected chi connectivity index (χ3v) is 4.16. The number of nitrogens with zero attached hydrogens (tertiary/aromatic N) is 3. The van der Waals surface area contributed by atoms with Gasteiger partial charge in [0.15, 0.2) is 0 Å². The predicted octanol–water partition coefficient (Wildman–Crippen LogP) is 0.516. The summed E-state index contributed by atoms with van der Waals surface area (Å²) in [6, 6.07) is 0. The van der Waals surface area contributed by atoms with Crippen LogP contribution in [0.4, 0.5) is 0 Å². The Balaban J connectivity index is 1.68. The number of hydrogen-bond donors (Lipinski definition) is 2. The van der Waals surface area contributed by atoms with Crippen molar-refractivity contribution in [2.24, 2.45) is 0 Å². The van der Waals surface area contributed by atoms with Gasteiger partial charge in [0.1, 0.15) is 4.88 Å². The molecule has 7 heteroatoms. The number of aryl methyl sites for hydroxylation is 1. The Labute approximate surface area is 124 Å². The van der Waals surface area contributed by atoms with Crippen LogP contribution in [-0.2, 0) is 6.42 Å². The quantitative estimate of drug-likeness (QED) is 0.718. The van der Waals surface area contributed by atoms with E-state index in [2.05, 4.69) is 32.0 Å². The van der Waals surface area contributed by atoms with Crippen LogP contribution in [0.25, 0.3) is 0 Å². The summed E-state index contributed by atoms with van der Waals surface area (Å²) in [5.41, 5.74) is 0.831. The van der Waals surface area contributed by atoms with Gasteiger partial charge in [0, 0.05) is 32.7 Å². The largest absolute Gasteiger partial charge is 0.351 e. The zero-order valence-corrected chi connectivity index (χ0v) is 12.8. The van der Waals surface area contributed by atoms with Crippen molar-refractivity contribution in [2.75, 3.05) is 39.3 Å². The van der Waals surface area contributed by atoms with Crippen LogP contribution in [0.2, 0.25) is 0 Å². The third kappa shape index (κ3) is 4.50. The third-order valence-electron chi connectivity index (χ3n) is 3.40. The molecule has 0 unspecified atom stereocenters. The van der Waals surface area contributed by atoms with Gasteiger partial charge in [-0.05, 0) is 30.9 Å². The van der Waals surface area contributed by atoms with E-state index in [1.165, 1.54) is 11.5 Å². The summed E-state index contributed by atoms with van der Waals surface area (Å²) in [6.45, 7) is 8.19. The highest BCUT2D eigenvalue weighted by Gasteiger charge is 2.15. The summed E-state index contributed by atoms with van der Waals surface area (Å²) in [7, 11) is 0. The maximum atomic E-state index is 12.0. The molecule has 0 saturated carbocycles. The molecular formula is C13H23N5OS. The predicted molar refractivity (Wildman–Crippen MR) is 80.2 cm³/mol. The molecule has 2 heterocycles. The zero-order chi connectivity index (χ0) is 14.2. The molecule has 2 N–H and O–H groups in total. The molecule has 0 spiro atoms. The van der Waals surface area contributed by atoms with Gasteiger partial charge in [-0.15, -0.1) is 5.10 Å². The zero-order valence-electron chi connectivity index (χ0n) is 12.0. The van der Waals surface area contributed by atoms with Crippen molar-refractivity contribution < 1.29 is 4.79 Å². The number of aromatic nitrogens is 2. The van der Waals surface area contributed by atoms with E-state index >= 15 is 0 Å². The molecule has 2 rings (SSSR count). The van der Waals surface area contributed by atoms with Crippen molar-refractivity contribution in [2.45, 2.75) is 26.2 Å². The summed E-state index contributed by atoms with van der Waals surface area (Å²) in [5.74, 6) is -0.0243. The fraction of sp³-hybridized carbons (Fsp3) is 0.769. The normalized spacial score (nSPS) is 16.2. The van der Waals surface area contributed by atoms with Crippen molar-refractivity contribution >= 4 is 17.4 Å². The van der Waals surface area contributed by atoms with Gasteiger partial charge in [0.05, 0.1) is 5.69 Å². The molecule has 0 atom stereocenters. The van der Waals surface area contributed by atoms with E-state index in [-0.39, 0.29) is 5.91 Å². The Morgan fingerprint density at radius 3 is 3.00 bits per heavy atom. The molecule has 0 bridgehead atoms. The van der Waals surface area contributed by atoms with Gasteiger partial charge in [-0.1, -0.05) is 17.8 Å². The van der Waals surface area contributed by atoms with E-state index in [0.717, 1.165) is 57.7 Å². The SMILES string of the molecule is CCCc1nnsc1C(=O)NCCCN1CCNCC1. The molecule has 0 aliphatic carbocycles. The first-order valence-electron chi connectivity index (χ1n) is 7.33. The number of hydrogen-bond acceptors (Lipinski definition) is 6. The average Bonchev–Trinajstić information content (AvgIpc) is 2.93. The number of piperazine rings is 1. The van der Waals surface area contributed by atoms with Crippen LogP contribution in [0.15, 0.2) is 0 Å². The maximum absolute atomic E-state index is 12.0. The molecule has 1 amide bonds. The van der Waals surface area contributed by atoms with E-state index < -0.39 is 0 Å². The second kappa shape index (κ2) is 8.28. The average molecular weight is 297 g/mol. The van der Waals surface area contributed by atoms with Crippen molar-refractivity contribution in [1.29, 1.82) is 0 Å². The van der Waals surface area contributed by atoms with Crippen LogP contribution in [0.3, 0.4) is 0 Å². The van der Waals surface area contributed by atoms with Gasteiger partial charge in [-0.2, -0.15) is 0 Å². The molecule has 20 heavy (non-hydrogen) atoms. The van der Waals surface area contributed by atoms with E-state index in [9.17, 15) is 4.79 Å². The lowest BCUT2D eigenvalue weighted by Gasteiger charge is -2.27. The fourth-order valence-corrected chi connectivity index (χ4v) is 2.93. The van der Waals surface area contributed by atoms with Gasteiger partial charge < -0.3 is 15.5 Å². The number of carbonyl (C=O) groups excluding carboxylic acids is 1. The first-order valence-corrected chi connectivity index (χ1v) is 8.11. The second-order valence-electron chi connectivity index (χ2n) is 5.00. The lowest BCUT2D eigenvalue weighted by atomic mass is 10.2. The summed E-state index contributed by atoms with van der Waals surface area (Å²) >= 11 is 1.19.